The van der Waals surface area contributed by atoms with Crippen LogP contribution < -0.4 is 9.47 Å². The highest BCUT2D eigenvalue weighted by atomic mass is 32.2. The number of nitrogens with zero attached hydrogens (tertiary/aromatic N) is 3. The van der Waals surface area contributed by atoms with E-state index in [0.29, 0.717) is 42.3 Å². The van der Waals surface area contributed by atoms with Gasteiger partial charge in [-0.25, -0.2) is 0 Å². The number of hydrogen-bond acceptors (Lipinski definition) is 7. The number of hydrogen-bond donors (Lipinski definition) is 0. The number of benzene rings is 2. The zero-order chi connectivity index (χ0) is 21.0. The molecule has 31 heavy (non-hydrogen) atoms. The highest BCUT2D eigenvalue weighted by molar-refractivity contribution is 7.99. The minimum absolute atomic E-state index is 0.0549. The number of carbonyl (C=O) groups excluding carboxylic acids is 1. The van der Waals surface area contributed by atoms with Crippen molar-refractivity contribution in [3.8, 4) is 11.5 Å². The second kappa shape index (κ2) is 8.85. The van der Waals surface area contributed by atoms with Gasteiger partial charge in [0, 0.05) is 13.1 Å². The largest absolute Gasteiger partial charge is 0.485 e. The Labute approximate surface area is 184 Å². The summed E-state index contributed by atoms with van der Waals surface area (Å²) in [5.41, 5.74) is 2.51. The Morgan fingerprint density at radius 2 is 1.87 bits per heavy atom. The Bertz CT molecular complexity index is 1100. The van der Waals surface area contributed by atoms with E-state index < -0.39 is 6.10 Å². The normalized spacial score (nSPS) is 17.9. The van der Waals surface area contributed by atoms with Gasteiger partial charge in [-0.05, 0) is 29.7 Å². The molecule has 7 nitrogen and oxygen atoms in total. The lowest BCUT2D eigenvalue weighted by Gasteiger charge is -2.26. The van der Waals surface area contributed by atoms with Crippen LogP contribution >= 0.6 is 11.8 Å². The molecule has 0 saturated heterocycles. The lowest BCUT2D eigenvalue weighted by molar-refractivity contribution is -0.127. The monoisotopic (exact) mass is 435 g/mol. The summed E-state index contributed by atoms with van der Waals surface area (Å²) in [6.45, 7) is 1.62. The van der Waals surface area contributed by atoms with E-state index in [0.717, 1.165) is 6.42 Å². The zero-order valence-corrected chi connectivity index (χ0v) is 17.6. The second-order valence-electron chi connectivity index (χ2n) is 7.24. The average molecular weight is 436 g/mol. The van der Waals surface area contributed by atoms with Crippen LogP contribution in [0.1, 0.15) is 24.0 Å². The van der Waals surface area contributed by atoms with Gasteiger partial charge in [0.2, 0.25) is 12.0 Å². The highest BCUT2D eigenvalue weighted by Gasteiger charge is 2.27. The average Bonchev–Trinajstić information content (AvgIpc) is 3.32. The standard InChI is InChI=1S/C23H21N3O4S/c27-21(26-12-10-17(11-13-26)16-6-2-1-3-7-16)15-31-23-25-24-22(30-23)20-14-28-18-8-4-5-9-19(18)29-20/h1-10,20H,11-15H2. The van der Waals surface area contributed by atoms with Crippen LogP contribution in [0, 0.1) is 0 Å². The predicted octanol–water partition coefficient (Wildman–Crippen LogP) is 3.99. The summed E-state index contributed by atoms with van der Waals surface area (Å²) in [5, 5.41) is 8.46. The summed E-state index contributed by atoms with van der Waals surface area (Å²) in [6, 6.07) is 17.7. The van der Waals surface area contributed by atoms with Gasteiger partial charge in [0.25, 0.3) is 11.1 Å². The van der Waals surface area contributed by atoms with E-state index in [1.807, 2.05) is 47.4 Å². The molecule has 3 heterocycles. The molecule has 0 radical (unpaired) electrons. The number of aromatic nitrogens is 2. The van der Waals surface area contributed by atoms with Crippen LogP contribution in [-0.4, -0.2) is 46.5 Å². The van der Waals surface area contributed by atoms with Gasteiger partial charge < -0.3 is 18.8 Å². The van der Waals surface area contributed by atoms with Gasteiger partial charge in [0.15, 0.2) is 11.5 Å². The fourth-order valence-electron chi connectivity index (χ4n) is 3.57. The molecule has 0 bridgehead atoms. The number of para-hydroxylation sites is 2. The van der Waals surface area contributed by atoms with Crippen molar-refractivity contribution in [2.24, 2.45) is 0 Å². The second-order valence-corrected chi connectivity index (χ2v) is 8.17. The smallest absolute Gasteiger partial charge is 0.277 e. The van der Waals surface area contributed by atoms with Gasteiger partial charge >= 0.3 is 0 Å². The molecule has 2 aliphatic rings. The molecule has 2 aliphatic heterocycles. The maximum atomic E-state index is 12.6. The van der Waals surface area contributed by atoms with Crippen LogP contribution in [0.2, 0.25) is 0 Å². The molecule has 0 saturated carbocycles. The summed E-state index contributed by atoms with van der Waals surface area (Å²) in [4.78, 5) is 14.5. The summed E-state index contributed by atoms with van der Waals surface area (Å²) < 4.78 is 17.3. The summed E-state index contributed by atoms with van der Waals surface area (Å²) in [5.74, 6) is 2.00. The number of thioether (sulfide) groups is 1. The minimum Gasteiger partial charge on any atom is -0.485 e. The van der Waals surface area contributed by atoms with Crippen molar-refractivity contribution < 1.29 is 18.7 Å². The fraction of sp³-hybridized carbons (Fsp3) is 0.261. The third kappa shape index (κ3) is 4.44. The lowest BCUT2D eigenvalue weighted by atomic mass is 10.00. The van der Waals surface area contributed by atoms with Crippen LogP contribution in [-0.2, 0) is 4.79 Å². The quantitative estimate of drug-likeness (QED) is 0.561. The van der Waals surface area contributed by atoms with E-state index in [1.165, 1.54) is 22.9 Å². The van der Waals surface area contributed by atoms with Crippen molar-refractivity contribution in [3.05, 3.63) is 72.1 Å². The van der Waals surface area contributed by atoms with Crippen LogP contribution in [0.15, 0.2) is 70.3 Å². The molecule has 8 heteroatoms. The first-order chi connectivity index (χ1) is 15.3. The maximum Gasteiger partial charge on any atom is 0.277 e. The molecular weight excluding hydrogens is 414 g/mol. The third-order valence-electron chi connectivity index (χ3n) is 5.23. The van der Waals surface area contributed by atoms with Crippen LogP contribution in [0.4, 0.5) is 0 Å². The first-order valence-electron chi connectivity index (χ1n) is 10.1. The molecule has 1 amide bonds. The first kappa shape index (κ1) is 19.7. The fourth-order valence-corrected chi connectivity index (χ4v) is 4.25. The molecule has 0 aliphatic carbocycles. The molecule has 0 fully saturated rings. The van der Waals surface area contributed by atoms with Crippen LogP contribution in [0.25, 0.3) is 5.57 Å². The van der Waals surface area contributed by atoms with E-state index in [2.05, 4.69) is 28.4 Å². The number of carbonyl (C=O) groups is 1. The predicted molar refractivity (Wildman–Crippen MR) is 116 cm³/mol. The molecular formula is C23H21N3O4S. The molecule has 1 atom stereocenters. The van der Waals surface area contributed by atoms with Crippen LogP contribution in [0.5, 0.6) is 11.5 Å². The Hall–Kier alpha value is -3.26. The summed E-state index contributed by atoms with van der Waals surface area (Å²) >= 11 is 1.24. The summed E-state index contributed by atoms with van der Waals surface area (Å²) in [7, 11) is 0. The van der Waals surface area contributed by atoms with Gasteiger partial charge in [-0.1, -0.05) is 60.3 Å². The molecule has 0 N–H and O–H groups in total. The molecule has 2 aromatic carbocycles. The van der Waals surface area contributed by atoms with Gasteiger partial charge in [-0.2, -0.15) is 0 Å². The first-order valence-corrected chi connectivity index (χ1v) is 11.1. The highest BCUT2D eigenvalue weighted by Crippen LogP contribution is 2.36. The van der Waals surface area contributed by atoms with E-state index >= 15 is 0 Å². The summed E-state index contributed by atoms with van der Waals surface area (Å²) in [6.07, 6.45) is 2.52. The Kier molecular flexibility index (Phi) is 5.62. The maximum absolute atomic E-state index is 12.6. The van der Waals surface area contributed by atoms with Crippen molar-refractivity contribution in [3.63, 3.8) is 0 Å². The Balaban J connectivity index is 1.14. The van der Waals surface area contributed by atoms with Crippen molar-refractivity contribution >= 4 is 23.2 Å². The Morgan fingerprint density at radius 3 is 2.68 bits per heavy atom. The molecule has 158 valence electrons. The van der Waals surface area contributed by atoms with E-state index in [9.17, 15) is 4.79 Å². The van der Waals surface area contributed by atoms with E-state index in [4.69, 9.17) is 13.9 Å². The molecule has 0 spiro atoms. The topological polar surface area (TPSA) is 77.7 Å². The number of ether oxygens (including phenoxy) is 2. The van der Waals surface area contributed by atoms with E-state index in [-0.39, 0.29) is 11.7 Å². The number of fused-ring (bicyclic) bond motifs is 1. The van der Waals surface area contributed by atoms with Crippen molar-refractivity contribution in [1.82, 2.24) is 15.1 Å². The number of amides is 1. The molecule has 3 aromatic rings. The zero-order valence-electron chi connectivity index (χ0n) is 16.8. The minimum atomic E-state index is -0.462. The van der Waals surface area contributed by atoms with Crippen molar-refractivity contribution in [2.75, 3.05) is 25.4 Å². The van der Waals surface area contributed by atoms with Gasteiger partial charge in [-0.3, -0.25) is 4.79 Å². The lowest BCUT2D eigenvalue weighted by Crippen LogP contribution is -2.35. The molecule has 1 unspecified atom stereocenters. The SMILES string of the molecule is O=C(CSc1nnc(C2COc3ccccc3O2)o1)N1CC=C(c2ccccc2)CC1. The van der Waals surface area contributed by atoms with Gasteiger partial charge in [0.05, 0.1) is 5.75 Å². The molecule has 5 rings (SSSR count). The van der Waals surface area contributed by atoms with Crippen LogP contribution in [0.3, 0.4) is 0 Å². The third-order valence-corrected chi connectivity index (χ3v) is 6.03. The molecule has 1 aromatic heterocycles. The van der Waals surface area contributed by atoms with E-state index in [1.54, 1.807) is 0 Å². The van der Waals surface area contributed by atoms with Crippen molar-refractivity contribution in [1.29, 1.82) is 0 Å². The van der Waals surface area contributed by atoms with Gasteiger partial charge in [0.1, 0.15) is 6.61 Å². The van der Waals surface area contributed by atoms with Crippen molar-refractivity contribution in [2.45, 2.75) is 17.7 Å². The Morgan fingerprint density at radius 1 is 1.06 bits per heavy atom. The van der Waals surface area contributed by atoms with Gasteiger partial charge in [-0.15, -0.1) is 10.2 Å². The number of rotatable bonds is 5.